The minimum atomic E-state index is 0.317. The van der Waals surface area contributed by atoms with Crippen LogP contribution in [0.15, 0.2) is 23.4 Å². The van der Waals surface area contributed by atoms with Gasteiger partial charge in [-0.15, -0.1) is 10.2 Å². The summed E-state index contributed by atoms with van der Waals surface area (Å²) in [7, 11) is 1.74. The van der Waals surface area contributed by atoms with Gasteiger partial charge in [0.25, 0.3) is 0 Å². The molecule has 0 radical (unpaired) electrons. The Morgan fingerprint density at radius 1 is 1.03 bits per heavy atom. The van der Waals surface area contributed by atoms with E-state index in [0.29, 0.717) is 12.0 Å². The lowest BCUT2D eigenvalue weighted by Gasteiger charge is -2.32. The Kier molecular flexibility index (Phi) is 8.68. The molecule has 0 unspecified atom stereocenters. The summed E-state index contributed by atoms with van der Waals surface area (Å²) < 4.78 is 13.9. The van der Waals surface area contributed by atoms with Crippen molar-refractivity contribution in [2.45, 2.75) is 95.0 Å². The van der Waals surface area contributed by atoms with Gasteiger partial charge in [-0.1, -0.05) is 43.2 Å². The molecule has 0 N–H and O–H groups in total. The first kappa shape index (κ1) is 25.1. The highest BCUT2D eigenvalue weighted by Crippen LogP contribution is 2.34. The number of hydrogen-bond acceptors (Lipinski definition) is 6. The van der Waals surface area contributed by atoms with E-state index in [1.54, 1.807) is 7.11 Å². The predicted octanol–water partition coefficient (Wildman–Crippen LogP) is 5.83. The van der Waals surface area contributed by atoms with Gasteiger partial charge in [0.05, 0.1) is 19.8 Å². The van der Waals surface area contributed by atoms with Gasteiger partial charge in [0, 0.05) is 24.8 Å². The zero-order valence-electron chi connectivity index (χ0n) is 21.6. The number of rotatable bonds is 9. The Hall–Kier alpha value is -1.57. The molecule has 2 aromatic rings. The van der Waals surface area contributed by atoms with Crippen molar-refractivity contribution in [2.75, 3.05) is 32.6 Å². The number of piperidine rings is 1. The SMILES string of the molecule is COc1ccc(CN2CCC(c3nnc(SCC4CCCCC4)n3C[C@H]3CCCO3)CC2)cc1C. The molecule has 0 bridgehead atoms. The van der Waals surface area contributed by atoms with Crippen molar-refractivity contribution in [1.29, 1.82) is 0 Å². The van der Waals surface area contributed by atoms with Crippen molar-refractivity contribution in [3.05, 3.63) is 35.2 Å². The number of ether oxygens (including phenoxy) is 2. The molecule has 5 rings (SSSR count). The van der Waals surface area contributed by atoms with Gasteiger partial charge in [0.1, 0.15) is 11.6 Å². The predicted molar refractivity (Wildman–Crippen MR) is 141 cm³/mol. The van der Waals surface area contributed by atoms with Gasteiger partial charge in [-0.2, -0.15) is 0 Å². The zero-order chi connectivity index (χ0) is 24.0. The number of thioether (sulfide) groups is 1. The second kappa shape index (κ2) is 12.1. The molecule has 3 heterocycles. The van der Waals surface area contributed by atoms with Crippen molar-refractivity contribution in [3.63, 3.8) is 0 Å². The van der Waals surface area contributed by atoms with E-state index in [1.807, 2.05) is 11.8 Å². The minimum Gasteiger partial charge on any atom is -0.496 e. The molecule has 7 heteroatoms. The molecular formula is C28H42N4O2S. The smallest absolute Gasteiger partial charge is 0.191 e. The lowest BCUT2D eigenvalue weighted by atomic mass is 9.91. The number of methoxy groups -OCH3 is 1. The summed E-state index contributed by atoms with van der Waals surface area (Å²) in [6.45, 7) is 7.15. The third-order valence-corrected chi connectivity index (χ3v) is 9.35. The van der Waals surface area contributed by atoms with Crippen molar-refractivity contribution in [2.24, 2.45) is 5.92 Å². The van der Waals surface area contributed by atoms with Crippen LogP contribution < -0.4 is 4.74 Å². The van der Waals surface area contributed by atoms with Gasteiger partial charge < -0.3 is 14.0 Å². The number of hydrogen-bond donors (Lipinski definition) is 0. The van der Waals surface area contributed by atoms with Gasteiger partial charge in [0.2, 0.25) is 0 Å². The van der Waals surface area contributed by atoms with Crippen LogP contribution in [-0.4, -0.2) is 58.3 Å². The molecule has 1 aromatic carbocycles. The highest BCUT2D eigenvalue weighted by Gasteiger charge is 2.29. The topological polar surface area (TPSA) is 52.4 Å². The third kappa shape index (κ3) is 6.41. The fourth-order valence-corrected chi connectivity index (χ4v) is 7.21. The van der Waals surface area contributed by atoms with E-state index in [2.05, 4.69) is 34.6 Å². The summed E-state index contributed by atoms with van der Waals surface area (Å²) in [5, 5.41) is 10.6. The second-order valence-corrected chi connectivity index (χ2v) is 11.7. The molecule has 0 amide bonds. The van der Waals surface area contributed by atoms with E-state index < -0.39 is 0 Å². The van der Waals surface area contributed by atoms with Crippen LogP contribution in [0.25, 0.3) is 0 Å². The zero-order valence-corrected chi connectivity index (χ0v) is 22.4. The van der Waals surface area contributed by atoms with Crippen LogP contribution in [0.3, 0.4) is 0 Å². The average Bonchev–Trinajstić information content (AvgIpc) is 3.55. The van der Waals surface area contributed by atoms with E-state index in [9.17, 15) is 0 Å². The van der Waals surface area contributed by atoms with Crippen LogP contribution in [0.5, 0.6) is 5.75 Å². The second-order valence-electron chi connectivity index (χ2n) is 10.8. The van der Waals surface area contributed by atoms with E-state index >= 15 is 0 Å². The Morgan fingerprint density at radius 3 is 2.57 bits per heavy atom. The quantitative estimate of drug-likeness (QED) is 0.406. The Morgan fingerprint density at radius 2 is 1.86 bits per heavy atom. The van der Waals surface area contributed by atoms with Crippen molar-refractivity contribution < 1.29 is 9.47 Å². The van der Waals surface area contributed by atoms with E-state index in [4.69, 9.17) is 19.7 Å². The molecule has 1 aromatic heterocycles. The molecule has 0 spiro atoms. The summed E-state index contributed by atoms with van der Waals surface area (Å²) in [5.41, 5.74) is 2.57. The first-order valence-corrected chi connectivity index (χ1v) is 14.7. The highest BCUT2D eigenvalue weighted by molar-refractivity contribution is 7.99. The maximum atomic E-state index is 6.02. The van der Waals surface area contributed by atoms with Gasteiger partial charge >= 0.3 is 0 Å². The van der Waals surface area contributed by atoms with Gasteiger partial charge in [0.15, 0.2) is 5.16 Å². The van der Waals surface area contributed by atoms with E-state index in [1.165, 1.54) is 61.2 Å². The molecule has 1 aliphatic carbocycles. The van der Waals surface area contributed by atoms with Crippen LogP contribution in [0, 0.1) is 12.8 Å². The van der Waals surface area contributed by atoms with Gasteiger partial charge in [-0.25, -0.2) is 0 Å². The Bertz CT molecular complexity index is 944. The first-order chi connectivity index (χ1) is 17.2. The molecule has 6 nitrogen and oxygen atoms in total. The van der Waals surface area contributed by atoms with Crippen molar-refractivity contribution in [1.82, 2.24) is 19.7 Å². The van der Waals surface area contributed by atoms with Crippen molar-refractivity contribution in [3.8, 4) is 5.75 Å². The minimum absolute atomic E-state index is 0.317. The number of aromatic nitrogens is 3. The number of benzene rings is 1. The molecule has 35 heavy (non-hydrogen) atoms. The third-order valence-electron chi connectivity index (χ3n) is 8.15. The van der Waals surface area contributed by atoms with Gasteiger partial charge in [-0.3, -0.25) is 4.90 Å². The lowest BCUT2D eigenvalue weighted by molar-refractivity contribution is 0.0931. The molecule has 3 aliphatic rings. The molecule has 2 saturated heterocycles. The summed E-state index contributed by atoms with van der Waals surface area (Å²) in [6.07, 6.45) is 11.9. The van der Waals surface area contributed by atoms with Crippen LogP contribution in [0.4, 0.5) is 0 Å². The number of nitrogens with zero attached hydrogens (tertiary/aromatic N) is 4. The molecule has 2 aliphatic heterocycles. The van der Waals surface area contributed by atoms with E-state index in [-0.39, 0.29) is 0 Å². The van der Waals surface area contributed by atoms with Crippen LogP contribution in [-0.2, 0) is 17.8 Å². The average molecular weight is 499 g/mol. The highest BCUT2D eigenvalue weighted by atomic mass is 32.2. The number of likely N-dealkylation sites (tertiary alicyclic amines) is 1. The summed E-state index contributed by atoms with van der Waals surface area (Å²) in [4.78, 5) is 2.58. The standard InChI is InChI=1S/C28H42N4O2S/c1-21-17-23(10-11-26(21)33-2)18-31-14-12-24(13-15-31)27-29-30-28(32(27)19-25-9-6-16-34-25)35-20-22-7-4-3-5-8-22/h10-11,17,22,24-25H,3-9,12-16,18-20H2,1-2H3/t25-/m1/s1. The monoisotopic (exact) mass is 498 g/mol. The summed E-state index contributed by atoms with van der Waals surface area (Å²) >= 11 is 1.94. The largest absolute Gasteiger partial charge is 0.496 e. The fraction of sp³-hybridized carbons (Fsp3) is 0.714. The summed E-state index contributed by atoms with van der Waals surface area (Å²) in [6, 6.07) is 6.56. The lowest BCUT2D eigenvalue weighted by Crippen LogP contribution is -2.33. The molecule has 192 valence electrons. The maximum absolute atomic E-state index is 6.02. The molecule has 3 fully saturated rings. The Labute approximate surface area is 215 Å². The number of aryl methyl sites for hydroxylation is 1. The maximum Gasteiger partial charge on any atom is 0.191 e. The normalized spacial score (nSPS) is 22.6. The van der Waals surface area contributed by atoms with Gasteiger partial charge in [-0.05, 0) is 81.6 Å². The first-order valence-electron chi connectivity index (χ1n) is 13.7. The molecule has 1 saturated carbocycles. The van der Waals surface area contributed by atoms with Crippen LogP contribution in [0.2, 0.25) is 0 Å². The summed E-state index contributed by atoms with van der Waals surface area (Å²) in [5.74, 6) is 4.68. The van der Waals surface area contributed by atoms with Crippen LogP contribution in [0.1, 0.15) is 80.7 Å². The van der Waals surface area contributed by atoms with Crippen LogP contribution >= 0.6 is 11.8 Å². The fourth-order valence-electron chi connectivity index (χ4n) is 6.06. The molecular weight excluding hydrogens is 456 g/mol. The van der Waals surface area contributed by atoms with E-state index in [0.717, 1.165) is 68.9 Å². The molecule has 1 atom stereocenters. The Balaban J connectivity index is 1.22. The van der Waals surface area contributed by atoms with Crippen molar-refractivity contribution >= 4 is 11.8 Å².